The van der Waals surface area contributed by atoms with Crippen LogP contribution in [0.1, 0.15) is 42.4 Å². The van der Waals surface area contributed by atoms with Gasteiger partial charge in [0.05, 0.1) is 6.54 Å². The number of rotatable bonds is 5. The van der Waals surface area contributed by atoms with Gasteiger partial charge in [0.2, 0.25) is 0 Å². The highest BCUT2D eigenvalue weighted by Crippen LogP contribution is 2.30. The van der Waals surface area contributed by atoms with Crippen molar-refractivity contribution in [3.05, 3.63) is 56.5 Å². The molecule has 1 aromatic heterocycles. The van der Waals surface area contributed by atoms with Gasteiger partial charge in [0, 0.05) is 10.4 Å². The Bertz CT molecular complexity index is 962. The van der Waals surface area contributed by atoms with Crippen molar-refractivity contribution >= 4 is 23.4 Å². The van der Waals surface area contributed by atoms with Crippen molar-refractivity contribution in [1.29, 1.82) is 0 Å². The second kappa shape index (κ2) is 7.50. The van der Waals surface area contributed by atoms with Crippen LogP contribution in [0.25, 0.3) is 0 Å². The van der Waals surface area contributed by atoms with Crippen molar-refractivity contribution in [1.82, 2.24) is 9.78 Å². The third-order valence-electron chi connectivity index (χ3n) is 3.91. The van der Waals surface area contributed by atoms with Gasteiger partial charge in [0.1, 0.15) is 11.3 Å². The zero-order valence-electron chi connectivity index (χ0n) is 15.1. The third kappa shape index (κ3) is 4.17. The van der Waals surface area contributed by atoms with Crippen LogP contribution in [0, 0.1) is 0 Å². The second-order valence-electron chi connectivity index (χ2n) is 7.06. The first kappa shape index (κ1) is 20.6. The molecule has 0 bridgehead atoms. The number of carboxylic acid groups (broad SMARTS) is 1. The highest BCUT2D eigenvalue weighted by atomic mass is 35.5. The fourth-order valence-electron chi connectivity index (χ4n) is 2.45. The monoisotopic (exact) mass is 393 g/mol. The van der Waals surface area contributed by atoms with Crippen LogP contribution < -0.4 is 11.3 Å². The molecule has 0 radical (unpaired) electrons. The van der Waals surface area contributed by atoms with Crippen LogP contribution in [0.4, 0.5) is 0 Å². The van der Waals surface area contributed by atoms with Gasteiger partial charge in [-0.3, -0.25) is 14.4 Å². The first-order chi connectivity index (χ1) is 12.4. The molecule has 9 heteroatoms. The van der Waals surface area contributed by atoms with Gasteiger partial charge in [-0.25, -0.2) is 4.68 Å². The SMILES string of the molecule is CC(C)(C)c1nn(Cc2ccccc2Cl)c(=O)c(C(=O)C(N)C(=O)O)c1O. The Morgan fingerprint density at radius 3 is 2.41 bits per heavy atom. The molecule has 4 N–H and O–H groups in total. The van der Waals surface area contributed by atoms with Crippen LogP contribution in [0.15, 0.2) is 29.1 Å². The van der Waals surface area contributed by atoms with Gasteiger partial charge in [-0.2, -0.15) is 5.10 Å². The molecule has 1 heterocycles. The summed E-state index contributed by atoms with van der Waals surface area (Å²) in [6.07, 6.45) is 0. The molecule has 1 unspecified atom stereocenters. The number of carbonyl (C=O) groups excluding carboxylic acids is 1. The highest BCUT2D eigenvalue weighted by Gasteiger charge is 2.33. The molecule has 0 amide bonds. The number of hydrogen-bond donors (Lipinski definition) is 3. The summed E-state index contributed by atoms with van der Waals surface area (Å²) in [6, 6.07) is 4.79. The van der Waals surface area contributed by atoms with Gasteiger partial charge < -0.3 is 15.9 Å². The first-order valence-electron chi connectivity index (χ1n) is 8.05. The van der Waals surface area contributed by atoms with E-state index >= 15 is 0 Å². The fraction of sp³-hybridized carbons (Fsp3) is 0.333. The van der Waals surface area contributed by atoms with Crippen molar-refractivity contribution in [3.8, 4) is 5.75 Å². The van der Waals surface area contributed by atoms with E-state index in [2.05, 4.69) is 5.10 Å². The normalized spacial score (nSPS) is 12.6. The number of ketones is 1. The van der Waals surface area contributed by atoms with E-state index in [-0.39, 0.29) is 12.2 Å². The number of aromatic nitrogens is 2. The smallest absolute Gasteiger partial charge is 0.328 e. The lowest BCUT2D eigenvalue weighted by Crippen LogP contribution is -2.43. The predicted octanol–water partition coefficient (Wildman–Crippen LogP) is 1.54. The van der Waals surface area contributed by atoms with E-state index in [1.807, 2.05) is 0 Å². The van der Waals surface area contributed by atoms with E-state index in [4.69, 9.17) is 22.4 Å². The van der Waals surface area contributed by atoms with Crippen LogP contribution >= 0.6 is 11.6 Å². The van der Waals surface area contributed by atoms with Crippen LogP contribution in [0.3, 0.4) is 0 Å². The number of aromatic hydroxyl groups is 1. The Morgan fingerprint density at radius 2 is 1.89 bits per heavy atom. The standard InChI is InChI=1S/C18H20ClN3O5/c1-18(2,3)15-14(24)11(13(23)12(20)17(26)27)16(25)22(21-15)8-9-6-4-5-7-10(9)19/h4-7,12,24H,8,20H2,1-3H3,(H,26,27). The number of nitrogens with zero attached hydrogens (tertiary/aromatic N) is 2. The lowest BCUT2D eigenvalue weighted by atomic mass is 9.89. The Morgan fingerprint density at radius 1 is 1.30 bits per heavy atom. The molecule has 27 heavy (non-hydrogen) atoms. The molecule has 1 atom stereocenters. The third-order valence-corrected chi connectivity index (χ3v) is 4.28. The van der Waals surface area contributed by atoms with Crippen molar-refractivity contribution in [2.75, 3.05) is 0 Å². The lowest BCUT2D eigenvalue weighted by molar-refractivity contribution is -0.137. The van der Waals surface area contributed by atoms with Crippen LogP contribution in [0.2, 0.25) is 5.02 Å². The molecule has 1 aromatic carbocycles. The number of benzene rings is 1. The minimum atomic E-state index is -1.98. The number of nitrogens with two attached hydrogens (primary N) is 1. The minimum Gasteiger partial charge on any atom is -0.505 e. The number of aliphatic carboxylic acids is 1. The Kier molecular flexibility index (Phi) is 5.72. The molecule has 0 spiro atoms. The van der Waals surface area contributed by atoms with Gasteiger partial charge in [-0.15, -0.1) is 0 Å². The Labute approximate surface area is 160 Å². The quantitative estimate of drug-likeness (QED) is 0.517. The van der Waals surface area contributed by atoms with E-state index < -0.39 is 40.1 Å². The molecule has 8 nitrogen and oxygen atoms in total. The number of hydrogen-bond acceptors (Lipinski definition) is 6. The maximum Gasteiger partial charge on any atom is 0.328 e. The largest absolute Gasteiger partial charge is 0.505 e. The number of carboxylic acids is 1. The van der Waals surface area contributed by atoms with Crippen LogP contribution in [-0.4, -0.2) is 37.8 Å². The van der Waals surface area contributed by atoms with Gasteiger partial charge >= 0.3 is 5.97 Å². The van der Waals surface area contributed by atoms with E-state index in [0.29, 0.717) is 10.6 Å². The summed E-state index contributed by atoms with van der Waals surface area (Å²) in [5.74, 6) is -3.46. The summed E-state index contributed by atoms with van der Waals surface area (Å²) in [5.41, 5.74) is 3.63. The summed E-state index contributed by atoms with van der Waals surface area (Å²) in [6.45, 7) is 5.12. The molecule has 0 saturated carbocycles. The van der Waals surface area contributed by atoms with Gasteiger partial charge in [0.15, 0.2) is 17.6 Å². The molecule has 2 rings (SSSR count). The fourth-order valence-corrected chi connectivity index (χ4v) is 2.65. The zero-order chi connectivity index (χ0) is 20.5. The van der Waals surface area contributed by atoms with E-state index in [1.165, 1.54) is 0 Å². The Balaban J connectivity index is 2.73. The van der Waals surface area contributed by atoms with Crippen LogP contribution in [-0.2, 0) is 16.8 Å². The molecule has 2 aromatic rings. The molecular formula is C18H20ClN3O5. The van der Waals surface area contributed by atoms with E-state index in [1.54, 1.807) is 45.0 Å². The number of carbonyl (C=O) groups is 2. The summed E-state index contributed by atoms with van der Waals surface area (Å²) >= 11 is 6.12. The average molecular weight is 394 g/mol. The maximum atomic E-state index is 12.8. The molecule has 0 aliphatic heterocycles. The van der Waals surface area contributed by atoms with Gasteiger partial charge in [0.25, 0.3) is 5.56 Å². The first-order valence-corrected chi connectivity index (χ1v) is 8.43. The van der Waals surface area contributed by atoms with Crippen molar-refractivity contribution < 1.29 is 19.8 Å². The summed E-state index contributed by atoms with van der Waals surface area (Å²) in [4.78, 5) is 36.3. The summed E-state index contributed by atoms with van der Waals surface area (Å²) in [5, 5.41) is 24.1. The second-order valence-corrected chi connectivity index (χ2v) is 7.46. The lowest BCUT2D eigenvalue weighted by Gasteiger charge is -2.22. The van der Waals surface area contributed by atoms with E-state index in [0.717, 1.165) is 4.68 Å². The van der Waals surface area contributed by atoms with Crippen LogP contribution in [0.5, 0.6) is 5.75 Å². The molecular weight excluding hydrogens is 374 g/mol. The highest BCUT2D eigenvalue weighted by molar-refractivity contribution is 6.31. The van der Waals surface area contributed by atoms with Crippen molar-refractivity contribution in [2.24, 2.45) is 5.73 Å². The maximum absolute atomic E-state index is 12.8. The summed E-state index contributed by atoms with van der Waals surface area (Å²) < 4.78 is 0.976. The Hall–Kier alpha value is -2.71. The molecule has 0 aliphatic carbocycles. The molecule has 0 fully saturated rings. The van der Waals surface area contributed by atoms with Crippen molar-refractivity contribution in [3.63, 3.8) is 0 Å². The minimum absolute atomic E-state index is 0.0649. The molecule has 0 aliphatic rings. The number of Topliss-reactive ketones (excluding diaryl/α,β-unsaturated/α-hetero) is 1. The van der Waals surface area contributed by atoms with E-state index in [9.17, 15) is 19.5 Å². The molecule has 0 saturated heterocycles. The topological polar surface area (TPSA) is 136 Å². The van der Waals surface area contributed by atoms with Gasteiger partial charge in [-0.1, -0.05) is 50.6 Å². The van der Waals surface area contributed by atoms with Gasteiger partial charge in [-0.05, 0) is 11.6 Å². The average Bonchev–Trinajstić information content (AvgIpc) is 2.57. The predicted molar refractivity (Wildman–Crippen MR) is 99.4 cm³/mol. The summed E-state index contributed by atoms with van der Waals surface area (Å²) in [7, 11) is 0. The number of halogens is 1. The van der Waals surface area contributed by atoms with Crippen molar-refractivity contribution in [2.45, 2.75) is 38.8 Å². The molecule has 144 valence electrons. The zero-order valence-corrected chi connectivity index (χ0v) is 15.8.